The molecule has 1 unspecified atom stereocenters. The number of hydrogen-bond acceptors (Lipinski definition) is 6. The molecule has 0 N–H and O–H groups in total. The van der Waals surface area contributed by atoms with Gasteiger partial charge in [0.2, 0.25) is 6.10 Å². The van der Waals surface area contributed by atoms with Gasteiger partial charge in [-0.2, -0.15) is 18.4 Å². The number of halogens is 3. The van der Waals surface area contributed by atoms with E-state index in [1.54, 1.807) is 36.4 Å². The summed E-state index contributed by atoms with van der Waals surface area (Å²) < 4.78 is 61.8. The first kappa shape index (κ1) is 26.8. The van der Waals surface area contributed by atoms with Crippen LogP contribution in [0.25, 0.3) is 0 Å². The number of methoxy groups -OCH3 is 1. The quantitative estimate of drug-likeness (QED) is 0.502. The van der Waals surface area contributed by atoms with Gasteiger partial charge in [-0.15, -0.1) is 0 Å². The van der Waals surface area contributed by atoms with Crippen LogP contribution in [0.1, 0.15) is 41.9 Å². The number of nitriles is 1. The number of carbonyl (C=O) groups excluding carboxylic acids is 1. The summed E-state index contributed by atoms with van der Waals surface area (Å²) >= 11 is 0. The molecule has 2 heterocycles. The van der Waals surface area contributed by atoms with Crippen molar-refractivity contribution in [3.05, 3.63) is 65.2 Å². The zero-order valence-electron chi connectivity index (χ0n) is 20.5. The first-order chi connectivity index (χ1) is 17.7. The van der Waals surface area contributed by atoms with Gasteiger partial charge in [0.15, 0.2) is 0 Å². The third-order valence-corrected chi connectivity index (χ3v) is 6.96. The third kappa shape index (κ3) is 6.73. The van der Waals surface area contributed by atoms with Gasteiger partial charge in [0.25, 0.3) is 0 Å². The topological polar surface area (TPSA) is 81.0 Å². The molecule has 2 aromatic rings. The van der Waals surface area contributed by atoms with Crippen molar-refractivity contribution >= 4 is 6.09 Å². The maximum absolute atomic E-state index is 13.5. The fourth-order valence-electron chi connectivity index (χ4n) is 4.73. The molecule has 0 saturated carbocycles. The first-order valence-electron chi connectivity index (χ1n) is 12.1. The van der Waals surface area contributed by atoms with E-state index in [0.717, 1.165) is 12.0 Å². The van der Waals surface area contributed by atoms with E-state index in [0.29, 0.717) is 36.3 Å². The molecule has 37 heavy (non-hydrogen) atoms. The Morgan fingerprint density at radius 2 is 1.84 bits per heavy atom. The molecule has 0 aliphatic carbocycles. The number of hydrogen-bond donors (Lipinski definition) is 0. The smallest absolute Gasteiger partial charge is 0.427 e. The van der Waals surface area contributed by atoms with Crippen molar-refractivity contribution in [3.63, 3.8) is 0 Å². The molecule has 2 aliphatic heterocycles. The second-order valence-corrected chi connectivity index (χ2v) is 9.39. The second kappa shape index (κ2) is 11.4. The van der Waals surface area contributed by atoms with Crippen molar-refractivity contribution in [2.75, 3.05) is 33.4 Å². The minimum absolute atomic E-state index is 0.0574. The summed E-state index contributed by atoms with van der Waals surface area (Å²) in [6.45, 7) is 0.164. The lowest BCUT2D eigenvalue weighted by atomic mass is 9.83. The number of nitrogens with zero attached hydrogens (tertiary/aromatic N) is 2. The highest BCUT2D eigenvalue weighted by Gasteiger charge is 2.46. The average Bonchev–Trinajstić information content (AvgIpc) is 3.31. The first-order valence-corrected chi connectivity index (χ1v) is 12.1. The SMILES string of the molecule is COc1ccc(COC[C@@H](OC(=O)N2CCC3(CC2)CC(c2ccc(C#N)cc2)CO3)C(F)(F)F)cc1. The van der Waals surface area contributed by atoms with Gasteiger partial charge >= 0.3 is 12.3 Å². The van der Waals surface area contributed by atoms with Crippen molar-refractivity contribution in [1.29, 1.82) is 5.26 Å². The number of ether oxygens (including phenoxy) is 4. The molecule has 4 rings (SSSR count). The van der Waals surface area contributed by atoms with Gasteiger partial charge in [-0.05, 0) is 54.7 Å². The molecule has 1 amide bonds. The molecule has 0 aromatic heterocycles. The molecule has 198 valence electrons. The Morgan fingerprint density at radius 1 is 1.16 bits per heavy atom. The molecule has 0 radical (unpaired) electrons. The van der Waals surface area contributed by atoms with E-state index in [2.05, 4.69) is 6.07 Å². The van der Waals surface area contributed by atoms with Crippen molar-refractivity contribution < 1.29 is 36.9 Å². The van der Waals surface area contributed by atoms with Crippen molar-refractivity contribution in [2.24, 2.45) is 0 Å². The Hall–Kier alpha value is -3.29. The van der Waals surface area contributed by atoms with E-state index in [4.69, 9.17) is 24.2 Å². The largest absolute Gasteiger partial charge is 0.497 e. The second-order valence-electron chi connectivity index (χ2n) is 9.39. The zero-order chi connectivity index (χ0) is 26.5. The number of rotatable bonds is 7. The van der Waals surface area contributed by atoms with Crippen LogP contribution in [0, 0.1) is 11.3 Å². The van der Waals surface area contributed by atoms with Gasteiger partial charge < -0.3 is 23.8 Å². The number of amides is 1. The van der Waals surface area contributed by atoms with E-state index in [9.17, 15) is 18.0 Å². The molecule has 1 spiro atoms. The predicted molar refractivity (Wildman–Crippen MR) is 127 cm³/mol. The van der Waals surface area contributed by atoms with Gasteiger partial charge in [-0.1, -0.05) is 24.3 Å². The number of benzene rings is 2. The molecule has 10 heteroatoms. The van der Waals surface area contributed by atoms with E-state index in [1.807, 2.05) is 12.1 Å². The number of likely N-dealkylation sites (tertiary alicyclic amines) is 1. The fraction of sp³-hybridized carbons (Fsp3) is 0.481. The van der Waals surface area contributed by atoms with Gasteiger partial charge in [-0.3, -0.25) is 0 Å². The molecule has 7 nitrogen and oxygen atoms in total. The number of piperidine rings is 1. The Bertz CT molecular complexity index is 1090. The summed E-state index contributed by atoms with van der Waals surface area (Å²) in [6, 6.07) is 16.2. The van der Waals surface area contributed by atoms with E-state index in [-0.39, 0.29) is 25.6 Å². The molecule has 2 fully saturated rings. The molecule has 2 saturated heterocycles. The summed E-state index contributed by atoms with van der Waals surface area (Å²) in [7, 11) is 1.52. The van der Waals surface area contributed by atoms with Crippen molar-refractivity contribution in [2.45, 2.75) is 49.7 Å². The van der Waals surface area contributed by atoms with Gasteiger partial charge in [-0.25, -0.2) is 4.79 Å². The van der Waals surface area contributed by atoms with Crippen molar-refractivity contribution in [1.82, 2.24) is 4.90 Å². The molecule has 2 atom stereocenters. The maximum atomic E-state index is 13.5. The van der Waals surface area contributed by atoms with Crippen LogP contribution in [-0.2, 0) is 20.8 Å². The van der Waals surface area contributed by atoms with Crippen LogP contribution in [0.5, 0.6) is 5.75 Å². The van der Waals surface area contributed by atoms with Gasteiger partial charge in [0, 0.05) is 19.0 Å². The van der Waals surface area contributed by atoms with Gasteiger partial charge in [0.05, 0.1) is 44.2 Å². The van der Waals surface area contributed by atoms with E-state index in [1.165, 1.54) is 12.0 Å². The lowest BCUT2D eigenvalue weighted by Gasteiger charge is -2.38. The van der Waals surface area contributed by atoms with Crippen LogP contribution in [0.15, 0.2) is 48.5 Å². The minimum Gasteiger partial charge on any atom is -0.497 e. The highest BCUT2D eigenvalue weighted by molar-refractivity contribution is 5.68. The predicted octanol–water partition coefficient (Wildman–Crippen LogP) is 5.19. The normalized spacial score (nSPS) is 19.9. The number of carbonyl (C=O) groups is 1. The van der Waals surface area contributed by atoms with Crippen LogP contribution < -0.4 is 4.74 Å². The summed E-state index contributed by atoms with van der Waals surface area (Å²) in [5, 5.41) is 8.98. The highest BCUT2D eigenvalue weighted by atomic mass is 19.4. The van der Waals surface area contributed by atoms with Crippen LogP contribution in [0.3, 0.4) is 0 Å². The maximum Gasteiger partial charge on any atom is 0.427 e. The molecule has 2 aliphatic rings. The number of alkyl halides is 3. The van der Waals surface area contributed by atoms with Crippen LogP contribution in [-0.4, -0.2) is 62.3 Å². The highest BCUT2D eigenvalue weighted by Crippen LogP contribution is 2.43. The standard InChI is InChI=1S/C27H29F3N2O5/c1-34-23-8-4-20(5-9-23)16-35-18-24(27(28,29)30)37-25(33)32-12-10-26(11-13-32)14-22(17-36-26)21-6-2-19(15-31)3-7-21/h2-9,22,24H,10-14,16-18H2,1H3/t22?,24-/m1/s1. The van der Waals surface area contributed by atoms with Crippen LogP contribution in [0.2, 0.25) is 0 Å². The Labute approximate surface area is 213 Å². The zero-order valence-corrected chi connectivity index (χ0v) is 20.5. The Balaban J connectivity index is 1.26. The Morgan fingerprint density at radius 3 is 2.43 bits per heavy atom. The van der Waals surface area contributed by atoms with Crippen LogP contribution in [0.4, 0.5) is 18.0 Å². The summed E-state index contributed by atoms with van der Waals surface area (Å²) in [4.78, 5) is 13.9. The van der Waals surface area contributed by atoms with E-state index < -0.39 is 30.6 Å². The third-order valence-electron chi connectivity index (χ3n) is 6.96. The minimum atomic E-state index is -4.75. The summed E-state index contributed by atoms with van der Waals surface area (Å²) in [6.07, 6.45) is -6.34. The molecule has 2 aromatic carbocycles. The Kier molecular flexibility index (Phi) is 8.25. The van der Waals surface area contributed by atoms with E-state index >= 15 is 0 Å². The van der Waals surface area contributed by atoms with Crippen LogP contribution >= 0.6 is 0 Å². The summed E-state index contributed by atoms with van der Waals surface area (Å²) in [5.74, 6) is 0.797. The molecular weight excluding hydrogens is 489 g/mol. The molecule has 0 bridgehead atoms. The van der Waals surface area contributed by atoms with Crippen molar-refractivity contribution in [3.8, 4) is 11.8 Å². The monoisotopic (exact) mass is 518 g/mol. The fourth-order valence-corrected chi connectivity index (χ4v) is 4.73. The molecular formula is C27H29F3N2O5. The lowest BCUT2D eigenvalue weighted by molar-refractivity contribution is -0.220. The lowest BCUT2D eigenvalue weighted by Crippen LogP contribution is -2.49. The van der Waals surface area contributed by atoms with Gasteiger partial charge in [0.1, 0.15) is 5.75 Å². The average molecular weight is 519 g/mol. The summed E-state index contributed by atoms with van der Waals surface area (Å²) in [5.41, 5.74) is 1.93.